The second-order valence-corrected chi connectivity index (χ2v) is 22.3. The molecule has 12 nitrogen and oxygen atoms in total. The lowest BCUT2D eigenvalue weighted by Gasteiger charge is -2.41. The van der Waals surface area contributed by atoms with Crippen LogP contribution in [0.15, 0.2) is 24.3 Å². The lowest BCUT2D eigenvalue weighted by atomic mass is 9.99. The number of hydrogen-bond acceptors (Lipinski definition) is 10. The summed E-state index contributed by atoms with van der Waals surface area (Å²) in [7, 11) is -5.08. The molecule has 1 fully saturated rings. The van der Waals surface area contributed by atoms with Crippen LogP contribution in [-0.4, -0.2) is 95.4 Å². The zero-order valence-corrected chi connectivity index (χ0v) is 47.1. The van der Waals surface area contributed by atoms with Gasteiger partial charge in [-0.1, -0.05) is 263 Å². The van der Waals surface area contributed by atoms with Gasteiger partial charge in [-0.05, 0) is 44.9 Å². The molecule has 7 unspecified atom stereocenters. The van der Waals surface area contributed by atoms with Gasteiger partial charge in [-0.2, -0.15) is 8.42 Å². The van der Waals surface area contributed by atoms with E-state index in [1.165, 1.54) is 205 Å². The van der Waals surface area contributed by atoms with Gasteiger partial charge in [0.05, 0.1) is 25.4 Å². The minimum Gasteiger partial charge on any atom is -0.394 e. The second-order valence-electron chi connectivity index (χ2n) is 21.3. The van der Waals surface area contributed by atoms with Gasteiger partial charge in [0.2, 0.25) is 5.91 Å². The number of allylic oxidation sites excluding steroid dienone is 4. The highest BCUT2D eigenvalue weighted by Crippen LogP contribution is 2.26. The second kappa shape index (κ2) is 49.2. The van der Waals surface area contributed by atoms with Crippen molar-refractivity contribution in [2.24, 2.45) is 0 Å². The summed E-state index contributed by atoms with van der Waals surface area (Å²) in [6.07, 6.45) is 52.0. The van der Waals surface area contributed by atoms with Crippen LogP contribution in [0, 0.1) is 0 Å². The standard InChI is InChI=1S/C59H113NO11S/c1-3-5-7-9-11-13-15-17-19-20-21-22-23-24-25-26-27-28-29-30-31-32-33-34-35-37-39-41-43-45-47-49-55(63)60-52(51-69-59-57(65)58(71-72(66,67)68)56(64)54(50-61)70-59)53(62)48-46-44-42-40-38-36-18-16-14-12-10-8-6-4-2/h21-22,24-25,52-54,56-59,61-62,64-65H,3-20,23,26-51H2,1-2H3,(H,60,63)(H,66,67,68)/b22-21-,25-24-. The number of aliphatic hydroxyl groups is 4. The summed E-state index contributed by atoms with van der Waals surface area (Å²) in [5, 5.41) is 45.1. The van der Waals surface area contributed by atoms with Crippen molar-refractivity contribution < 1.29 is 51.8 Å². The largest absolute Gasteiger partial charge is 0.397 e. The molecule has 1 saturated heterocycles. The maximum Gasteiger partial charge on any atom is 0.397 e. The van der Waals surface area contributed by atoms with Crippen LogP contribution in [0.4, 0.5) is 0 Å². The minimum absolute atomic E-state index is 0.226. The summed E-state index contributed by atoms with van der Waals surface area (Å²) >= 11 is 0. The van der Waals surface area contributed by atoms with Gasteiger partial charge >= 0.3 is 10.4 Å². The van der Waals surface area contributed by atoms with Crippen molar-refractivity contribution in [2.75, 3.05) is 13.2 Å². The topological polar surface area (TPSA) is 192 Å². The predicted octanol–water partition coefficient (Wildman–Crippen LogP) is 14.4. The Balaban J connectivity index is 2.24. The Morgan fingerprint density at radius 1 is 0.556 bits per heavy atom. The molecule has 0 aromatic heterocycles. The third kappa shape index (κ3) is 40.8. The Morgan fingerprint density at radius 2 is 0.931 bits per heavy atom. The number of hydrogen-bond donors (Lipinski definition) is 6. The van der Waals surface area contributed by atoms with Crippen LogP contribution < -0.4 is 5.32 Å². The van der Waals surface area contributed by atoms with Gasteiger partial charge < -0.3 is 35.2 Å². The molecule has 0 aromatic carbocycles. The van der Waals surface area contributed by atoms with Gasteiger partial charge in [0.25, 0.3) is 0 Å². The maximum absolute atomic E-state index is 13.1. The van der Waals surface area contributed by atoms with E-state index in [1.807, 2.05) is 0 Å². The average molecular weight is 1040 g/mol. The Hall–Kier alpha value is -1.42. The fraction of sp³-hybridized carbons (Fsp3) is 0.915. The zero-order chi connectivity index (χ0) is 52.6. The monoisotopic (exact) mass is 1040 g/mol. The first kappa shape index (κ1) is 68.6. The quantitative estimate of drug-likeness (QED) is 0.0193. The van der Waals surface area contributed by atoms with Gasteiger partial charge in [0.1, 0.15) is 24.4 Å². The molecule has 1 rings (SSSR count). The summed E-state index contributed by atoms with van der Waals surface area (Å²) in [6, 6.07) is -0.857. The first-order chi connectivity index (χ1) is 35.0. The highest BCUT2D eigenvalue weighted by Gasteiger charge is 2.48. The van der Waals surface area contributed by atoms with E-state index in [2.05, 4.69) is 47.7 Å². The number of carbonyl (C=O) groups excluding carboxylic acids is 1. The molecule has 0 aromatic rings. The normalized spacial score (nSPS) is 19.5. The van der Waals surface area contributed by atoms with Crippen LogP contribution in [0.2, 0.25) is 0 Å². The van der Waals surface area contributed by atoms with Gasteiger partial charge in [-0.15, -0.1) is 0 Å². The lowest BCUT2D eigenvalue weighted by Crippen LogP contribution is -2.61. The Morgan fingerprint density at radius 3 is 1.32 bits per heavy atom. The molecule has 0 bridgehead atoms. The smallest absolute Gasteiger partial charge is 0.394 e. The van der Waals surface area contributed by atoms with Crippen molar-refractivity contribution in [1.29, 1.82) is 0 Å². The summed E-state index contributed by atoms with van der Waals surface area (Å²) in [4.78, 5) is 13.1. The van der Waals surface area contributed by atoms with Crippen LogP contribution in [0.5, 0.6) is 0 Å². The van der Waals surface area contributed by atoms with Gasteiger partial charge in [-0.25, -0.2) is 4.18 Å². The summed E-state index contributed by atoms with van der Waals surface area (Å²) in [5.41, 5.74) is 0. The third-order valence-corrected chi connectivity index (χ3v) is 15.0. The van der Waals surface area contributed by atoms with Crippen molar-refractivity contribution in [3.05, 3.63) is 24.3 Å². The lowest BCUT2D eigenvalue weighted by molar-refractivity contribution is -0.298. The number of nitrogens with one attached hydrogen (secondary N) is 1. The Kier molecular flexibility index (Phi) is 46.8. The van der Waals surface area contributed by atoms with Crippen molar-refractivity contribution >= 4 is 16.3 Å². The fourth-order valence-electron chi connectivity index (χ4n) is 9.85. The highest BCUT2D eigenvalue weighted by atomic mass is 32.3. The molecule has 13 heteroatoms. The molecule has 0 radical (unpaired) electrons. The highest BCUT2D eigenvalue weighted by molar-refractivity contribution is 7.80. The molecule has 7 atom stereocenters. The first-order valence-corrected chi connectivity index (χ1v) is 31.6. The van der Waals surface area contributed by atoms with E-state index in [0.29, 0.717) is 12.8 Å². The number of carbonyl (C=O) groups is 1. The van der Waals surface area contributed by atoms with Crippen molar-refractivity contribution in [3.63, 3.8) is 0 Å². The first-order valence-electron chi connectivity index (χ1n) is 30.2. The van der Waals surface area contributed by atoms with E-state index in [9.17, 15) is 38.2 Å². The maximum atomic E-state index is 13.1. The van der Waals surface area contributed by atoms with E-state index < -0.39 is 59.9 Å². The molecule has 1 amide bonds. The predicted molar refractivity (Wildman–Crippen MR) is 296 cm³/mol. The number of aliphatic hydroxyl groups excluding tert-OH is 4. The Bertz CT molecular complexity index is 1370. The molecular formula is C59H113NO11S. The van der Waals surface area contributed by atoms with Crippen LogP contribution in [0.25, 0.3) is 0 Å². The van der Waals surface area contributed by atoms with E-state index >= 15 is 0 Å². The van der Waals surface area contributed by atoms with Gasteiger partial charge in [0, 0.05) is 6.42 Å². The molecule has 1 aliphatic heterocycles. The summed E-state index contributed by atoms with van der Waals surface area (Å²) < 4.78 is 47.9. The molecule has 1 heterocycles. The van der Waals surface area contributed by atoms with E-state index in [4.69, 9.17) is 9.47 Å². The van der Waals surface area contributed by atoms with E-state index in [0.717, 1.165) is 57.8 Å². The van der Waals surface area contributed by atoms with Crippen molar-refractivity contribution in [2.45, 2.75) is 333 Å². The number of ether oxygens (including phenoxy) is 2. The average Bonchev–Trinajstić information content (AvgIpc) is 3.36. The molecule has 72 heavy (non-hydrogen) atoms. The fourth-order valence-corrected chi connectivity index (χ4v) is 10.4. The van der Waals surface area contributed by atoms with Crippen LogP contribution in [0.1, 0.15) is 290 Å². The molecule has 0 saturated carbocycles. The van der Waals surface area contributed by atoms with Gasteiger partial charge in [0.15, 0.2) is 6.29 Å². The van der Waals surface area contributed by atoms with Crippen molar-refractivity contribution in [3.8, 4) is 0 Å². The van der Waals surface area contributed by atoms with Gasteiger partial charge in [-0.3, -0.25) is 9.35 Å². The van der Waals surface area contributed by atoms with Crippen LogP contribution >= 0.6 is 0 Å². The van der Waals surface area contributed by atoms with Crippen LogP contribution in [-0.2, 0) is 28.9 Å². The van der Waals surface area contributed by atoms with E-state index in [1.54, 1.807) is 0 Å². The summed E-state index contributed by atoms with van der Waals surface area (Å²) in [5.74, 6) is -0.226. The van der Waals surface area contributed by atoms with Crippen LogP contribution in [0.3, 0.4) is 0 Å². The molecule has 0 aliphatic carbocycles. The molecule has 1 aliphatic rings. The molecular weight excluding hydrogens is 931 g/mol. The summed E-state index contributed by atoms with van der Waals surface area (Å²) in [6.45, 7) is 3.48. The Labute approximate surface area is 442 Å². The SMILES string of the molecule is CCCCCCCCCCC/C=C\C/C=C\CCCCCCCCCCCCCCCCCC(=O)NC(COC1OC(CO)C(O)C(OS(=O)(=O)O)C1O)C(O)CCCCCCCCCCCCCCCC. The number of amides is 1. The molecule has 0 spiro atoms. The molecule has 6 N–H and O–H groups in total. The number of unbranched alkanes of at least 4 members (excludes halogenated alkanes) is 37. The minimum atomic E-state index is -5.08. The zero-order valence-electron chi connectivity index (χ0n) is 46.3. The number of rotatable bonds is 53. The molecule has 426 valence electrons. The third-order valence-electron chi connectivity index (χ3n) is 14.5. The van der Waals surface area contributed by atoms with E-state index in [-0.39, 0.29) is 12.5 Å². The van der Waals surface area contributed by atoms with Crippen molar-refractivity contribution in [1.82, 2.24) is 5.32 Å².